The van der Waals surface area contributed by atoms with Gasteiger partial charge in [0.2, 0.25) is 5.91 Å². The molecule has 7 nitrogen and oxygen atoms in total. The smallest absolute Gasteiger partial charge is 0.387 e. The van der Waals surface area contributed by atoms with Gasteiger partial charge in [-0.15, -0.1) is 0 Å². The van der Waals surface area contributed by atoms with Crippen molar-refractivity contribution in [3.8, 4) is 5.75 Å². The molecule has 0 saturated heterocycles. The highest BCUT2D eigenvalue weighted by Gasteiger charge is 2.17. The van der Waals surface area contributed by atoms with Crippen LogP contribution in [0.3, 0.4) is 0 Å². The van der Waals surface area contributed by atoms with Gasteiger partial charge in [-0.25, -0.2) is 0 Å². The zero-order valence-corrected chi connectivity index (χ0v) is 12.2. The molecule has 0 aliphatic rings. The molecule has 0 bridgehead atoms. The fourth-order valence-electron chi connectivity index (χ4n) is 2.04. The monoisotopic (exact) mass is 337 g/mol. The van der Waals surface area contributed by atoms with E-state index in [1.165, 1.54) is 30.3 Å². The number of nitrogens with two attached hydrogens (primary N) is 1. The second-order valence-corrected chi connectivity index (χ2v) is 4.69. The van der Waals surface area contributed by atoms with Gasteiger partial charge in [-0.05, 0) is 24.3 Å². The first-order chi connectivity index (χ1) is 11.4. The molecule has 0 aliphatic carbocycles. The Hall–Kier alpha value is -3.23. The van der Waals surface area contributed by atoms with Crippen molar-refractivity contribution < 1.29 is 23.2 Å². The summed E-state index contributed by atoms with van der Waals surface area (Å²) in [5.41, 5.74) is 5.32. The predicted molar refractivity (Wildman–Crippen MR) is 82.0 cm³/mol. The Kier molecular flexibility index (Phi) is 5.25. The Morgan fingerprint density at radius 3 is 2.62 bits per heavy atom. The van der Waals surface area contributed by atoms with E-state index in [1.807, 2.05) is 0 Å². The van der Waals surface area contributed by atoms with Crippen LogP contribution in [0.5, 0.6) is 5.75 Å². The van der Waals surface area contributed by atoms with Crippen molar-refractivity contribution in [2.75, 3.05) is 5.32 Å². The van der Waals surface area contributed by atoms with Crippen LogP contribution in [0.4, 0.5) is 20.2 Å². The molecule has 2 rings (SSSR count). The van der Waals surface area contributed by atoms with Gasteiger partial charge >= 0.3 is 6.61 Å². The fraction of sp³-hybridized carbons (Fsp3) is 0.133. The van der Waals surface area contributed by atoms with Crippen LogP contribution in [0.1, 0.15) is 15.9 Å². The number of amides is 1. The van der Waals surface area contributed by atoms with Crippen molar-refractivity contribution >= 4 is 17.3 Å². The summed E-state index contributed by atoms with van der Waals surface area (Å²) in [6, 6.07) is 9.77. The number of anilines is 1. The minimum atomic E-state index is -2.99. The minimum absolute atomic E-state index is 0.00637. The summed E-state index contributed by atoms with van der Waals surface area (Å²) in [6.07, 6.45) is 0. The molecule has 0 radical (unpaired) electrons. The van der Waals surface area contributed by atoms with Gasteiger partial charge in [-0.2, -0.15) is 8.78 Å². The zero-order valence-electron chi connectivity index (χ0n) is 12.2. The van der Waals surface area contributed by atoms with Crippen molar-refractivity contribution in [2.24, 2.45) is 5.73 Å². The van der Waals surface area contributed by atoms with E-state index in [0.717, 1.165) is 6.07 Å². The van der Waals surface area contributed by atoms with Crippen molar-refractivity contribution in [3.05, 3.63) is 63.7 Å². The summed E-state index contributed by atoms with van der Waals surface area (Å²) >= 11 is 0. The van der Waals surface area contributed by atoms with Gasteiger partial charge in [0.15, 0.2) is 0 Å². The molecular formula is C15H13F2N3O4. The van der Waals surface area contributed by atoms with Crippen LogP contribution in [-0.4, -0.2) is 17.4 Å². The van der Waals surface area contributed by atoms with Crippen LogP contribution < -0.4 is 15.8 Å². The molecule has 2 aromatic rings. The van der Waals surface area contributed by atoms with Crippen LogP contribution in [0.15, 0.2) is 42.5 Å². The van der Waals surface area contributed by atoms with E-state index in [-0.39, 0.29) is 34.8 Å². The highest BCUT2D eigenvalue weighted by atomic mass is 19.3. The average Bonchev–Trinajstić information content (AvgIpc) is 2.53. The SMILES string of the molecule is NC(=O)c1ccc(CNc2ccccc2OC(F)F)c([N+](=O)[O-])c1. The number of nitro groups is 1. The summed E-state index contributed by atoms with van der Waals surface area (Å²) in [6.45, 7) is -3.02. The Balaban J connectivity index is 2.23. The fourth-order valence-corrected chi connectivity index (χ4v) is 2.04. The number of ether oxygens (including phenoxy) is 1. The molecule has 2 aromatic carbocycles. The van der Waals surface area contributed by atoms with Crippen LogP contribution in [0.25, 0.3) is 0 Å². The van der Waals surface area contributed by atoms with Crippen molar-refractivity contribution in [1.82, 2.24) is 0 Å². The molecule has 0 aromatic heterocycles. The third-order valence-electron chi connectivity index (χ3n) is 3.14. The van der Waals surface area contributed by atoms with Gasteiger partial charge in [0.05, 0.1) is 10.6 Å². The zero-order chi connectivity index (χ0) is 17.7. The van der Waals surface area contributed by atoms with Gasteiger partial charge in [0.25, 0.3) is 5.69 Å². The number of carbonyl (C=O) groups is 1. The second-order valence-electron chi connectivity index (χ2n) is 4.69. The lowest BCUT2D eigenvalue weighted by molar-refractivity contribution is -0.385. The maximum atomic E-state index is 12.4. The predicted octanol–water partition coefficient (Wildman–Crippen LogP) is 2.91. The molecule has 9 heteroatoms. The molecule has 0 atom stereocenters. The normalized spacial score (nSPS) is 10.5. The number of para-hydroxylation sites is 2. The number of nitrogens with one attached hydrogen (secondary N) is 1. The number of carbonyl (C=O) groups excluding carboxylic acids is 1. The summed E-state index contributed by atoms with van der Waals surface area (Å²) in [7, 11) is 0. The Morgan fingerprint density at radius 1 is 1.29 bits per heavy atom. The number of nitrogens with zero attached hydrogens (tertiary/aromatic N) is 1. The van der Waals surface area contributed by atoms with Crippen molar-refractivity contribution in [3.63, 3.8) is 0 Å². The largest absolute Gasteiger partial charge is 0.433 e. The van der Waals surface area contributed by atoms with E-state index in [4.69, 9.17) is 5.73 Å². The summed E-state index contributed by atoms with van der Waals surface area (Å²) < 4.78 is 29.1. The summed E-state index contributed by atoms with van der Waals surface area (Å²) in [5.74, 6) is -0.864. The Morgan fingerprint density at radius 2 is 2.00 bits per heavy atom. The van der Waals surface area contributed by atoms with E-state index in [9.17, 15) is 23.7 Å². The maximum absolute atomic E-state index is 12.4. The first-order valence-corrected chi connectivity index (χ1v) is 6.73. The van der Waals surface area contributed by atoms with E-state index in [1.54, 1.807) is 6.07 Å². The number of benzene rings is 2. The summed E-state index contributed by atoms with van der Waals surface area (Å²) in [5, 5.41) is 13.9. The average molecular weight is 337 g/mol. The molecule has 0 heterocycles. The van der Waals surface area contributed by atoms with Crippen LogP contribution >= 0.6 is 0 Å². The number of hydrogen-bond donors (Lipinski definition) is 2. The van der Waals surface area contributed by atoms with Crippen LogP contribution in [0.2, 0.25) is 0 Å². The van der Waals surface area contributed by atoms with Gasteiger partial charge < -0.3 is 15.8 Å². The molecular weight excluding hydrogens is 324 g/mol. The van der Waals surface area contributed by atoms with E-state index >= 15 is 0 Å². The third kappa shape index (κ3) is 4.15. The van der Waals surface area contributed by atoms with Crippen LogP contribution in [0, 0.1) is 10.1 Å². The maximum Gasteiger partial charge on any atom is 0.387 e. The standard InChI is InChI=1S/C15H13F2N3O4/c16-15(17)24-13-4-2-1-3-11(13)19-8-10-6-5-9(14(18)21)7-12(10)20(22)23/h1-7,15,19H,8H2,(H2,18,21). The third-order valence-corrected chi connectivity index (χ3v) is 3.14. The number of rotatable bonds is 7. The number of nitro benzene ring substituents is 1. The topological polar surface area (TPSA) is 107 Å². The molecule has 3 N–H and O–H groups in total. The molecule has 0 spiro atoms. The highest BCUT2D eigenvalue weighted by molar-refractivity contribution is 5.93. The van der Waals surface area contributed by atoms with Crippen LogP contribution in [-0.2, 0) is 6.54 Å². The van der Waals surface area contributed by atoms with E-state index < -0.39 is 17.4 Å². The molecule has 0 unspecified atom stereocenters. The molecule has 0 saturated carbocycles. The summed E-state index contributed by atoms with van der Waals surface area (Å²) in [4.78, 5) is 21.6. The van der Waals surface area contributed by atoms with Crippen molar-refractivity contribution in [2.45, 2.75) is 13.2 Å². The second kappa shape index (κ2) is 7.36. The van der Waals surface area contributed by atoms with Crippen molar-refractivity contribution in [1.29, 1.82) is 0 Å². The quantitative estimate of drug-likeness (QED) is 0.596. The molecule has 0 fully saturated rings. The van der Waals surface area contributed by atoms with E-state index in [0.29, 0.717) is 0 Å². The van der Waals surface area contributed by atoms with E-state index in [2.05, 4.69) is 10.1 Å². The van der Waals surface area contributed by atoms with Gasteiger partial charge in [-0.3, -0.25) is 14.9 Å². The first kappa shape index (κ1) is 17.1. The molecule has 0 aliphatic heterocycles. The lowest BCUT2D eigenvalue weighted by Crippen LogP contribution is -2.12. The lowest BCUT2D eigenvalue weighted by atomic mass is 10.1. The van der Waals surface area contributed by atoms with Gasteiger partial charge in [0.1, 0.15) is 5.75 Å². The molecule has 24 heavy (non-hydrogen) atoms. The number of hydrogen-bond acceptors (Lipinski definition) is 5. The number of halogens is 2. The van der Waals surface area contributed by atoms with Gasteiger partial charge in [0, 0.05) is 23.7 Å². The van der Waals surface area contributed by atoms with Gasteiger partial charge in [-0.1, -0.05) is 12.1 Å². The highest BCUT2D eigenvalue weighted by Crippen LogP contribution is 2.27. The lowest BCUT2D eigenvalue weighted by Gasteiger charge is -2.12. The molecule has 126 valence electrons. The molecule has 1 amide bonds. The Bertz CT molecular complexity index is 768. The number of primary amides is 1. The number of alkyl halides is 2. The Labute approximate surface area is 135 Å². The first-order valence-electron chi connectivity index (χ1n) is 6.73. The minimum Gasteiger partial charge on any atom is -0.433 e.